The van der Waals surface area contributed by atoms with Crippen molar-refractivity contribution in [2.45, 2.75) is 76.8 Å². The zero-order chi connectivity index (χ0) is 26.3. The average molecular weight is 546 g/mol. The lowest BCUT2D eigenvalue weighted by atomic mass is 9.58. The van der Waals surface area contributed by atoms with Gasteiger partial charge in [0.05, 0.1) is 12.1 Å². The van der Waals surface area contributed by atoms with Gasteiger partial charge in [-0.05, 0) is 75.3 Å². The van der Waals surface area contributed by atoms with Crippen molar-refractivity contribution in [2.24, 2.45) is 23.7 Å². The van der Waals surface area contributed by atoms with Gasteiger partial charge in [0, 0.05) is 53.6 Å². The number of pyridine rings is 1. The predicted octanol–water partition coefficient (Wildman–Crippen LogP) is 5.50. The molecule has 1 saturated carbocycles. The molecule has 5 aliphatic rings. The van der Waals surface area contributed by atoms with Crippen LogP contribution in [0.15, 0.2) is 30.5 Å². The number of rotatable bonds is 9. The highest BCUT2D eigenvalue weighted by molar-refractivity contribution is 6.31. The number of fused-ring (bicyclic) bond motifs is 3. The van der Waals surface area contributed by atoms with Crippen molar-refractivity contribution >= 4 is 28.2 Å². The summed E-state index contributed by atoms with van der Waals surface area (Å²) in [5.41, 5.74) is 1.44. The van der Waals surface area contributed by atoms with Gasteiger partial charge in [-0.3, -0.25) is 4.98 Å². The third-order valence-corrected chi connectivity index (χ3v) is 9.44. The predicted molar refractivity (Wildman–Crippen MR) is 146 cm³/mol. The van der Waals surface area contributed by atoms with E-state index in [1.807, 2.05) is 37.4 Å². The Morgan fingerprint density at radius 3 is 2.87 bits per heavy atom. The van der Waals surface area contributed by atoms with Gasteiger partial charge in [0.25, 0.3) is 0 Å². The van der Waals surface area contributed by atoms with Crippen LogP contribution in [0.1, 0.15) is 52.9 Å². The second kappa shape index (κ2) is 10.8. The third-order valence-electron chi connectivity index (χ3n) is 9.21. The lowest BCUT2D eigenvalue weighted by Gasteiger charge is -2.60. The number of anilines is 1. The number of hydrogen-bond donors (Lipinski definition) is 2. The second-order valence-corrected chi connectivity index (χ2v) is 12.1. The lowest BCUT2D eigenvalue weighted by molar-refractivity contribution is -0.577. The zero-order valence-electron chi connectivity index (χ0n) is 22.6. The van der Waals surface area contributed by atoms with Crippen LogP contribution in [0, 0.1) is 23.7 Å². The van der Waals surface area contributed by atoms with Gasteiger partial charge >= 0.3 is 0 Å². The van der Waals surface area contributed by atoms with E-state index in [1.165, 1.54) is 6.42 Å². The summed E-state index contributed by atoms with van der Waals surface area (Å²) in [6.45, 7) is 9.63. The van der Waals surface area contributed by atoms with Crippen LogP contribution < -0.4 is 10.6 Å². The first-order chi connectivity index (χ1) is 18.4. The van der Waals surface area contributed by atoms with Crippen molar-refractivity contribution in [1.82, 2.24) is 10.3 Å². The van der Waals surface area contributed by atoms with E-state index in [2.05, 4.69) is 29.5 Å². The van der Waals surface area contributed by atoms with E-state index in [0.717, 1.165) is 61.9 Å². The van der Waals surface area contributed by atoms with E-state index in [4.69, 9.17) is 35.6 Å². The highest BCUT2D eigenvalue weighted by Crippen LogP contribution is 2.60. The summed E-state index contributed by atoms with van der Waals surface area (Å²) >= 11 is 6.10. The molecule has 1 aliphatic carbocycles. The Hall–Kier alpha value is -1.52. The molecule has 7 rings (SSSR count). The standard InChI is InChI=1S/C29H40ClN3O5/c1-18-5-8-23-19(2)26(35-27-29(23)22(18)9-11-28(3,36-27)37-38-29)34-16-15-31-12-4-13-32-24-10-14-33-25-17-20(30)6-7-21(24)25/h6-7,10,14,17-19,22-23,26-27,31H,4-5,8-9,11-13,15-16H2,1-3H3,(H,32,33)/t18-,19-,22?,23?,26+,27?,28+,29?/m1/s1. The van der Waals surface area contributed by atoms with Gasteiger partial charge < -0.3 is 24.8 Å². The van der Waals surface area contributed by atoms with E-state index in [0.29, 0.717) is 23.5 Å². The molecule has 38 heavy (non-hydrogen) atoms. The summed E-state index contributed by atoms with van der Waals surface area (Å²) in [4.78, 5) is 16.5. The minimum Gasteiger partial charge on any atom is -0.384 e. The van der Waals surface area contributed by atoms with Crippen LogP contribution in [0.3, 0.4) is 0 Å². The van der Waals surface area contributed by atoms with Crippen molar-refractivity contribution in [3.63, 3.8) is 0 Å². The minimum atomic E-state index is -0.756. The Labute approximate surface area is 230 Å². The second-order valence-electron chi connectivity index (χ2n) is 11.7. The maximum Gasteiger partial charge on any atom is 0.201 e. The molecule has 1 spiro atoms. The number of ether oxygens (including phenoxy) is 3. The third kappa shape index (κ3) is 4.83. The summed E-state index contributed by atoms with van der Waals surface area (Å²) in [5, 5.41) is 8.79. The zero-order valence-corrected chi connectivity index (χ0v) is 23.3. The summed E-state index contributed by atoms with van der Waals surface area (Å²) in [7, 11) is 0. The van der Waals surface area contributed by atoms with Crippen LogP contribution in [0.4, 0.5) is 5.69 Å². The summed E-state index contributed by atoms with van der Waals surface area (Å²) < 4.78 is 19.2. The molecule has 4 unspecified atom stereocenters. The van der Waals surface area contributed by atoms with E-state index >= 15 is 0 Å². The van der Waals surface area contributed by atoms with Crippen molar-refractivity contribution in [1.29, 1.82) is 0 Å². The number of benzene rings is 1. The molecule has 1 aromatic carbocycles. The molecule has 4 saturated heterocycles. The Morgan fingerprint density at radius 1 is 1.08 bits per heavy atom. The van der Waals surface area contributed by atoms with Crippen molar-refractivity contribution in [2.75, 3.05) is 31.6 Å². The van der Waals surface area contributed by atoms with Gasteiger partial charge in [0.2, 0.25) is 5.79 Å². The topological polar surface area (TPSA) is 83.1 Å². The normalized spacial score (nSPS) is 38.1. The molecular weight excluding hydrogens is 506 g/mol. The van der Waals surface area contributed by atoms with Gasteiger partial charge in [-0.25, -0.2) is 9.78 Å². The maximum absolute atomic E-state index is 6.49. The molecular formula is C29H40ClN3O5. The maximum atomic E-state index is 6.49. The molecule has 0 radical (unpaired) electrons. The fraction of sp³-hybridized carbons (Fsp3) is 0.690. The molecule has 2 N–H and O–H groups in total. The first-order valence-corrected chi connectivity index (χ1v) is 14.6. The van der Waals surface area contributed by atoms with Gasteiger partial charge in [0.1, 0.15) is 0 Å². The molecule has 5 heterocycles. The van der Waals surface area contributed by atoms with Crippen molar-refractivity contribution in [3.8, 4) is 0 Å². The molecule has 8 nitrogen and oxygen atoms in total. The summed E-state index contributed by atoms with van der Waals surface area (Å²) in [6, 6.07) is 7.80. The molecule has 0 amide bonds. The Balaban J connectivity index is 0.967. The minimum absolute atomic E-state index is 0.199. The van der Waals surface area contributed by atoms with Crippen LogP contribution in [-0.2, 0) is 24.0 Å². The van der Waals surface area contributed by atoms with Crippen LogP contribution >= 0.6 is 11.6 Å². The van der Waals surface area contributed by atoms with Crippen LogP contribution in [0.5, 0.6) is 0 Å². The molecule has 208 valence electrons. The fourth-order valence-electron chi connectivity index (χ4n) is 7.15. The fourth-order valence-corrected chi connectivity index (χ4v) is 7.31. The molecule has 4 aliphatic heterocycles. The highest BCUT2D eigenvalue weighted by atomic mass is 35.5. The monoisotopic (exact) mass is 545 g/mol. The van der Waals surface area contributed by atoms with Gasteiger partial charge in [-0.15, -0.1) is 0 Å². The van der Waals surface area contributed by atoms with Gasteiger partial charge in [-0.1, -0.05) is 25.4 Å². The number of aromatic nitrogens is 1. The summed E-state index contributed by atoms with van der Waals surface area (Å²) in [5.74, 6) is 0.661. The van der Waals surface area contributed by atoms with Crippen molar-refractivity contribution < 1.29 is 24.0 Å². The molecule has 8 atom stereocenters. The smallest absolute Gasteiger partial charge is 0.201 e. The highest BCUT2D eigenvalue weighted by Gasteiger charge is 2.69. The number of hydrogen-bond acceptors (Lipinski definition) is 8. The Kier molecular flexibility index (Phi) is 7.59. The first-order valence-electron chi connectivity index (χ1n) is 14.2. The average Bonchev–Trinajstić information content (AvgIpc) is 3.14. The SMILES string of the molecule is C[C@@H]1CCC2[C@@H](C)[C@@H](OCCNCCCNc3ccnc4cc(Cl)ccc34)OC3O[C@]4(C)CCC1C32OO4. The lowest BCUT2D eigenvalue weighted by Crippen LogP contribution is -2.70. The summed E-state index contributed by atoms with van der Waals surface area (Å²) in [6.07, 6.45) is 6.16. The van der Waals surface area contributed by atoms with Gasteiger partial charge in [0.15, 0.2) is 18.2 Å². The quantitative estimate of drug-likeness (QED) is 0.315. The molecule has 2 aromatic rings. The number of nitrogens with zero attached hydrogens (tertiary/aromatic N) is 1. The van der Waals surface area contributed by atoms with E-state index in [9.17, 15) is 0 Å². The van der Waals surface area contributed by atoms with E-state index in [-0.39, 0.29) is 18.1 Å². The number of halogens is 1. The first kappa shape index (κ1) is 26.7. The largest absolute Gasteiger partial charge is 0.384 e. The Bertz CT molecular complexity index is 1140. The molecule has 1 aromatic heterocycles. The Morgan fingerprint density at radius 2 is 1.97 bits per heavy atom. The van der Waals surface area contributed by atoms with Crippen LogP contribution in [0.25, 0.3) is 10.9 Å². The van der Waals surface area contributed by atoms with E-state index < -0.39 is 17.7 Å². The number of nitrogens with one attached hydrogen (secondary N) is 2. The van der Waals surface area contributed by atoms with Crippen LogP contribution in [0.2, 0.25) is 5.02 Å². The van der Waals surface area contributed by atoms with Crippen molar-refractivity contribution in [3.05, 3.63) is 35.5 Å². The molecule has 5 fully saturated rings. The van der Waals surface area contributed by atoms with E-state index in [1.54, 1.807) is 0 Å². The molecule has 9 heteroatoms. The molecule has 2 bridgehead atoms. The van der Waals surface area contributed by atoms with Gasteiger partial charge in [-0.2, -0.15) is 0 Å². The van der Waals surface area contributed by atoms with Crippen LogP contribution in [-0.4, -0.2) is 55.2 Å².